The number of alkyl halides is 2. The first-order valence-electron chi connectivity index (χ1n) is 8.73. The summed E-state index contributed by atoms with van der Waals surface area (Å²) in [5, 5.41) is 23.7. The summed E-state index contributed by atoms with van der Waals surface area (Å²) in [7, 11) is 0. The lowest BCUT2D eigenvalue weighted by Crippen LogP contribution is -2.70. The van der Waals surface area contributed by atoms with Crippen LogP contribution in [-0.2, 0) is 9.59 Å². The summed E-state index contributed by atoms with van der Waals surface area (Å²) < 4.78 is 26.3. The Bertz CT molecular complexity index is 1090. The molecule has 4 heterocycles. The first-order valence-corrected chi connectivity index (χ1v) is 11.6. The van der Waals surface area contributed by atoms with Gasteiger partial charge >= 0.3 is 12.5 Å². The SMILES string of the molecule is Cc1nnc(SCC2=C(C(=O)O)N3C(=O)C(NC(=O)c4ccn(C(F)F)n4)C3SC2)s1. The first-order chi connectivity index (χ1) is 14.8. The second kappa shape index (κ2) is 8.55. The van der Waals surface area contributed by atoms with Gasteiger partial charge in [-0.15, -0.1) is 22.0 Å². The lowest BCUT2D eigenvalue weighted by molar-refractivity contribution is -0.148. The van der Waals surface area contributed by atoms with Crippen LogP contribution in [0, 0.1) is 6.92 Å². The molecule has 2 aliphatic rings. The van der Waals surface area contributed by atoms with Crippen LogP contribution in [0.15, 0.2) is 27.9 Å². The summed E-state index contributed by atoms with van der Waals surface area (Å²) in [5.41, 5.74) is 0.209. The van der Waals surface area contributed by atoms with Gasteiger partial charge in [0.1, 0.15) is 27.8 Å². The molecule has 2 atom stereocenters. The molecular weight excluding hydrogens is 474 g/mol. The molecule has 0 aromatic carbocycles. The number of halogens is 2. The number of carbonyl (C=O) groups is 3. The van der Waals surface area contributed by atoms with E-state index in [2.05, 4.69) is 20.6 Å². The number of aryl methyl sites for hydroxylation is 1. The largest absolute Gasteiger partial charge is 0.477 e. The molecule has 0 bridgehead atoms. The number of amides is 2. The van der Waals surface area contributed by atoms with Crippen molar-refractivity contribution in [3.05, 3.63) is 34.2 Å². The molecule has 2 amide bonds. The molecule has 2 aromatic heterocycles. The van der Waals surface area contributed by atoms with Gasteiger partial charge in [-0.25, -0.2) is 9.48 Å². The van der Waals surface area contributed by atoms with Gasteiger partial charge in [0.15, 0.2) is 4.34 Å². The van der Waals surface area contributed by atoms with Crippen molar-refractivity contribution in [3.8, 4) is 0 Å². The van der Waals surface area contributed by atoms with Crippen molar-refractivity contribution in [2.75, 3.05) is 11.5 Å². The molecule has 0 saturated carbocycles. The molecule has 0 aliphatic carbocycles. The van der Waals surface area contributed by atoms with Gasteiger partial charge < -0.3 is 10.4 Å². The van der Waals surface area contributed by atoms with Crippen LogP contribution in [0.4, 0.5) is 8.78 Å². The van der Waals surface area contributed by atoms with E-state index < -0.39 is 35.7 Å². The van der Waals surface area contributed by atoms with E-state index in [9.17, 15) is 28.3 Å². The molecule has 2 N–H and O–H groups in total. The van der Waals surface area contributed by atoms with Gasteiger partial charge in [-0.1, -0.05) is 23.1 Å². The highest BCUT2D eigenvalue weighted by Crippen LogP contribution is 2.41. The number of carbonyl (C=O) groups excluding carboxylic acids is 2. The topological polar surface area (TPSA) is 130 Å². The summed E-state index contributed by atoms with van der Waals surface area (Å²) in [6.07, 6.45) is 0.957. The second-order valence-corrected chi connectivity index (χ2v) is 9.96. The number of aliphatic carboxylic acids is 1. The highest BCUT2D eigenvalue weighted by atomic mass is 32.2. The summed E-state index contributed by atoms with van der Waals surface area (Å²) in [6, 6.07) is 0.146. The standard InChI is InChI=1S/C16H14F2N6O4S3/c1-6-20-21-16(31-6)30-5-7-4-29-13-9(12(26)24(13)10(7)14(27)28)19-11(25)8-2-3-23(22-8)15(17)18/h2-3,9,13,15H,4-5H2,1H3,(H,19,25)(H,27,28). The van der Waals surface area contributed by atoms with Gasteiger partial charge in [0.05, 0.1) is 0 Å². The number of hydrogen-bond acceptors (Lipinski definition) is 9. The zero-order valence-electron chi connectivity index (χ0n) is 15.7. The Balaban J connectivity index is 1.46. The summed E-state index contributed by atoms with van der Waals surface area (Å²) in [4.78, 5) is 38.0. The van der Waals surface area contributed by atoms with Crippen molar-refractivity contribution >= 4 is 52.6 Å². The van der Waals surface area contributed by atoms with E-state index in [4.69, 9.17) is 0 Å². The van der Waals surface area contributed by atoms with Crippen molar-refractivity contribution in [1.29, 1.82) is 0 Å². The summed E-state index contributed by atoms with van der Waals surface area (Å²) in [5.74, 6) is -1.91. The highest BCUT2D eigenvalue weighted by Gasteiger charge is 2.54. The molecule has 4 rings (SSSR count). The van der Waals surface area contributed by atoms with Crippen LogP contribution in [-0.4, -0.2) is 70.7 Å². The van der Waals surface area contributed by atoms with E-state index in [0.29, 0.717) is 26.1 Å². The van der Waals surface area contributed by atoms with Gasteiger partial charge in [-0.05, 0) is 18.6 Å². The van der Waals surface area contributed by atoms with Crippen LogP contribution in [0.25, 0.3) is 0 Å². The molecule has 10 nitrogen and oxygen atoms in total. The predicted molar refractivity (Wildman–Crippen MR) is 108 cm³/mol. The molecule has 31 heavy (non-hydrogen) atoms. The number of aromatic nitrogens is 4. The van der Waals surface area contributed by atoms with Crippen molar-refractivity contribution in [2.24, 2.45) is 0 Å². The number of fused-ring (bicyclic) bond motifs is 1. The van der Waals surface area contributed by atoms with Gasteiger partial charge in [-0.2, -0.15) is 13.9 Å². The average Bonchev–Trinajstić information content (AvgIpc) is 3.38. The molecule has 0 spiro atoms. The maximum absolute atomic E-state index is 12.6. The fourth-order valence-electron chi connectivity index (χ4n) is 3.06. The Morgan fingerprint density at radius 1 is 1.42 bits per heavy atom. The number of carboxylic acid groups (broad SMARTS) is 1. The minimum Gasteiger partial charge on any atom is -0.477 e. The van der Waals surface area contributed by atoms with E-state index in [1.54, 1.807) is 0 Å². The molecule has 1 fully saturated rings. The number of rotatable bonds is 7. The molecular formula is C16H14F2N6O4S3. The quantitative estimate of drug-likeness (QED) is 0.441. The highest BCUT2D eigenvalue weighted by molar-refractivity contribution is 8.01. The number of carboxylic acids is 1. The van der Waals surface area contributed by atoms with Crippen LogP contribution in [0.3, 0.4) is 0 Å². The van der Waals surface area contributed by atoms with E-state index in [-0.39, 0.29) is 11.4 Å². The molecule has 2 aliphatic heterocycles. The summed E-state index contributed by atoms with van der Waals surface area (Å²) in [6.45, 7) is -1.07. The number of nitrogens with zero attached hydrogens (tertiary/aromatic N) is 5. The van der Waals surface area contributed by atoms with Crippen LogP contribution < -0.4 is 5.32 Å². The lowest BCUT2D eigenvalue weighted by Gasteiger charge is -2.49. The van der Waals surface area contributed by atoms with Crippen LogP contribution in [0.2, 0.25) is 0 Å². The number of hydrogen-bond donors (Lipinski definition) is 2. The Morgan fingerprint density at radius 2 is 2.19 bits per heavy atom. The van der Waals surface area contributed by atoms with Crippen LogP contribution in [0.5, 0.6) is 0 Å². The van der Waals surface area contributed by atoms with E-state index in [0.717, 1.165) is 22.2 Å². The first kappa shape index (κ1) is 21.7. The fraction of sp³-hybridized carbons (Fsp3) is 0.375. The Labute approximate surface area is 186 Å². The minimum absolute atomic E-state index is 0.102. The third-order valence-corrected chi connectivity index (χ3v) is 7.85. The third kappa shape index (κ3) is 4.16. The van der Waals surface area contributed by atoms with Crippen molar-refractivity contribution < 1.29 is 28.3 Å². The minimum atomic E-state index is -2.89. The fourth-order valence-corrected chi connectivity index (χ4v) is 6.36. The van der Waals surface area contributed by atoms with Gasteiger partial charge in [0.25, 0.3) is 11.8 Å². The van der Waals surface area contributed by atoms with Crippen LogP contribution in [0.1, 0.15) is 22.0 Å². The average molecular weight is 489 g/mol. The van der Waals surface area contributed by atoms with Gasteiger partial charge in [-0.3, -0.25) is 14.5 Å². The molecule has 1 saturated heterocycles. The molecule has 2 aromatic rings. The Hall–Kier alpha value is -2.52. The number of thioether (sulfide) groups is 2. The third-order valence-electron chi connectivity index (χ3n) is 4.45. The molecule has 2 unspecified atom stereocenters. The van der Waals surface area contributed by atoms with Crippen molar-refractivity contribution in [3.63, 3.8) is 0 Å². The number of β-lactam (4-membered cyclic amide) rings is 1. The smallest absolute Gasteiger partial charge is 0.352 e. The second-order valence-electron chi connectivity index (χ2n) is 6.45. The van der Waals surface area contributed by atoms with E-state index >= 15 is 0 Å². The zero-order valence-corrected chi connectivity index (χ0v) is 18.1. The van der Waals surface area contributed by atoms with E-state index in [1.807, 2.05) is 6.92 Å². The summed E-state index contributed by atoms with van der Waals surface area (Å²) >= 11 is 4.05. The lowest BCUT2D eigenvalue weighted by atomic mass is 10.0. The molecule has 0 radical (unpaired) electrons. The normalized spacial score (nSPS) is 20.6. The van der Waals surface area contributed by atoms with Crippen molar-refractivity contribution in [2.45, 2.75) is 29.2 Å². The zero-order chi connectivity index (χ0) is 22.3. The predicted octanol–water partition coefficient (Wildman–Crippen LogP) is 1.58. The Kier molecular flexibility index (Phi) is 5.98. The van der Waals surface area contributed by atoms with Crippen LogP contribution >= 0.6 is 34.9 Å². The van der Waals surface area contributed by atoms with E-state index in [1.165, 1.54) is 34.9 Å². The molecule has 164 valence electrons. The Morgan fingerprint density at radius 3 is 2.81 bits per heavy atom. The maximum Gasteiger partial charge on any atom is 0.352 e. The van der Waals surface area contributed by atoms with Gasteiger partial charge in [0, 0.05) is 17.7 Å². The molecule has 15 heteroatoms. The van der Waals surface area contributed by atoms with Crippen molar-refractivity contribution in [1.82, 2.24) is 30.2 Å². The number of nitrogens with one attached hydrogen (secondary N) is 1. The maximum atomic E-state index is 12.6. The van der Waals surface area contributed by atoms with Gasteiger partial charge in [0.2, 0.25) is 0 Å². The monoisotopic (exact) mass is 488 g/mol.